The number of unbranched alkanes of at least 4 members (excludes halogenated alkanes) is 1. The van der Waals surface area contributed by atoms with Gasteiger partial charge in [0.05, 0.1) is 0 Å². The molecule has 4 heteroatoms. The fraction of sp³-hybridized carbons (Fsp3) is 0.933. The van der Waals surface area contributed by atoms with Gasteiger partial charge in [0.1, 0.15) is 0 Å². The van der Waals surface area contributed by atoms with Gasteiger partial charge in [-0.25, -0.2) is 0 Å². The lowest BCUT2D eigenvalue weighted by Gasteiger charge is -2.15. The zero-order chi connectivity index (χ0) is 14.0. The average Bonchev–Trinajstić information content (AvgIpc) is 3.17. The van der Waals surface area contributed by atoms with Gasteiger partial charge in [-0.1, -0.05) is 13.3 Å². The van der Waals surface area contributed by atoms with Crippen molar-refractivity contribution in [2.75, 3.05) is 32.8 Å². The van der Waals surface area contributed by atoms with Gasteiger partial charge in [-0.2, -0.15) is 0 Å². The van der Waals surface area contributed by atoms with E-state index in [0.717, 1.165) is 45.2 Å². The standard InChI is InChI=1S/C15H31N3O/c1-4-7-11-17-14(16-5-2)18-13-15(8-9-15)10-12-19-6-3/h4-13H2,1-3H3,(H2,16,17,18). The molecule has 0 atom stereocenters. The molecule has 1 fully saturated rings. The van der Waals surface area contributed by atoms with E-state index in [1.165, 1.54) is 25.7 Å². The maximum absolute atomic E-state index is 5.46. The first kappa shape index (κ1) is 16.3. The molecule has 0 heterocycles. The molecule has 0 aliphatic heterocycles. The zero-order valence-electron chi connectivity index (χ0n) is 12.9. The molecule has 2 N–H and O–H groups in total. The zero-order valence-corrected chi connectivity index (χ0v) is 12.9. The Morgan fingerprint density at radius 3 is 2.58 bits per heavy atom. The summed E-state index contributed by atoms with van der Waals surface area (Å²) in [4.78, 5) is 4.74. The molecule has 0 aromatic heterocycles. The van der Waals surface area contributed by atoms with Gasteiger partial charge < -0.3 is 15.4 Å². The fourth-order valence-electron chi connectivity index (χ4n) is 2.07. The number of rotatable bonds is 10. The van der Waals surface area contributed by atoms with E-state index >= 15 is 0 Å². The molecule has 0 unspecified atom stereocenters. The second-order valence-electron chi connectivity index (χ2n) is 5.42. The maximum atomic E-state index is 5.46. The van der Waals surface area contributed by atoms with Gasteiger partial charge in [-0.05, 0) is 44.9 Å². The molecule has 0 amide bonds. The quantitative estimate of drug-likeness (QED) is 0.364. The van der Waals surface area contributed by atoms with Crippen molar-refractivity contribution in [3.8, 4) is 0 Å². The largest absolute Gasteiger partial charge is 0.382 e. The third-order valence-corrected chi connectivity index (χ3v) is 3.68. The Morgan fingerprint density at radius 1 is 1.21 bits per heavy atom. The highest BCUT2D eigenvalue weighted by molar-refractivity contribution is 5.79. The number of guanidine groups is 1. The molecule has 4 nitrogen and oxygen atoms in total. The normalized spacial score (nSPS) is 17.3. The van der Waals surface area contributed by atoms with Crippen molar-refractivity contribution in [2.24, 2.45) is 10.4 Å². The summed E-state index contributed by atoms with van der Waals surface area (Å²) < 4.78 is 5.46. The molecule has 0 spiro atoms. The summed E-state index contributed by atoms with van der Waals surface area (Å²) in [5.74, 6) is 0.971. The van der Waals surface area contributed by atoms with Gasteiger partial charge in [0.2, 0.25) is 0 Å². The molecule has 1 aliphatic rings. The molecule has 0 aromatic rings. The third-order valence-electron chi connectivity index (χ3n) is 3.68. The first-order chi connectivity index (χ1) is 9.26. The highest BCUT2D eigenvalue weighted by Crippen LogP contribution is 2.48. The van der Waals surface area contributed by atoms with E-state index in [4.69, 9.17) is 9.73 Å². The lowest BCUT2D eigenvalue weighted by atomic mass is 10.0. The summed E-state index contributed by atoms with van der Waals surface area (Å²) in [5.41, 5.74) is 0.433. The minimum Gasteiger partial charge on any atom is -0.382 e. The van der Waals surface area contributed by atoms with Crippen LogP contribution in [0, 0.1) is 5.41 Å². The van der Waals surface area contributed by atoms with Crippen molar-refractivity contribution in [3.63, 3.8) is 0 Å². The summed E-state index contributed by atoms with van der Waals surface area (Å²) in [5, 5.41) is 6.71. The Hall–Kier alpha value is -0.770. The summed E-state index contributed by atoms with van der Waals surface area (Å²) in [6.07, 6.45) is 6.17. The van der Waals surface area contributed by atoms with Crippen LogP contribution in [-0.2, 0) is 4.74 Å². The molecule has 1 rings (SSSR count). The second-order valence-corrected chi connectivity index (χ2v) is 5.42. The molecule has 112 valence electrons. The molecule has 19 heavy (non-hydrogen) atoms. The van der Waals surface area contributed by atoms with Crippen LogP contribution >= 0.6 is 0 Å². The van der Waals surface area contributed by atoms with Gasteiger partial charge >= 0.3 is 0 Å². The van der Waals surface area contributed by atoms with Crippen LogP contribution in [0.15, 0.2) is 4.99 Å². The highest BCUT2D eigenvalue weighted by atomic mass is 16.5. The molecule has 0 aromatic carbocycles. The van der Waals surface area contributed by atoms with Crippen LogP contribution < -0.4 is 10.6 Å². The van der Waals surface area contributed by atoms with E-state index in [9.17, 15) is 0 Å². The van der Waals surface area contributed by atoms with Crippen molar-refractivity contribution in [1.82, 2.24) is 10.6 Å². The molecular weight excluding hydrogens is 238 g/mol. The highest BCUT2D eigenvalue weighted by Gasteiger charge is 2.41. The molecule has 0 saturated heterocycles. The summed E-state index contributed by atoms with van der Waals surface area (Å²) in [6.45, 7) is 10.9. The van der Waals surface area contributed by atoms with Crippen molar-refractivity contribution >= 4 is 5.96 Å². The van der Waals surface area contributed by atoms with E-state index in [1.54, 1.807) is 0 Å². The topological polar surface area (TPSA) is 45.7 Å². The van der Waals surface area contributed by atoms with E-state index in [2.05, 4.69) is 31.4 Å². The van der Waals surface area contributed by atoms with Crippen LogP contribution in [0.5, 0.6) is 0 Å². The van der Waals surface area contributed by atoms with Crippen molar-refractivity contribution in [3.05, 3.63) is 0 Å². The number of ether oxygens (including phenoxy) is 1. The Morgan fingerprint density at radius 2 is 2.00 bits per heavy atom. The number of aliphatic imine (C=N–C) groups is 1. The van der Waals surface area contributed by atoms with E-state index in [1.807, 2.05) is 0 Å². The van der Waals surface area contributed by atoms with Crippen LogP contribution in [0.1, 0.15) is 52.9 Å². The van der Waals surface area contributed by atoms with Crippen LogP contribution in [0.25, 0.3) is 0 Å². The molecule has 0 bridgehead atoms. The number of hydrogen-bond donors (Lipinski definition) is 2. The Bertz CT molecular complexity index is 262. The van der Waals surface area contributed by atoms with Gasteiger partial charge in [-0.3, -0.25) is 4.99 Å². The number of hydrogen-bond acceptors (Lipinski definition) is 2. The lowest BCUT2D eigenvalue weighted by Crippen LogP contribution is -2.38. The third kappa shape index (κ3) is 6.81. The smallest absolute Gasteiger partial charge is 0.191 e. The van der Waals surface area contributed by atoms with E-state index < -0.39 is 0 Å². The predicted octanol–water partition coefficient (Wildman–Crippen LogP) is 2.55. The van der Waals surface area contributed by atoms with E-state index in [-0.39, 0.29) is 0 Å². The van der Waals surface area contributed by atoms with Crippen molar-refractivity contribution in [1.29, 1.82) is 0 Å². The Labute approximate surface area is 118 Å². The first-order valence-corrected chi connectivity index (χ1v) is 7.86. The minimum absolute atomic E-state index is 0.433. The summed E-state index contributed by atoms with van der Waals surface area (Å²) in [7, 11) is 0. The minimum atomic E-state index is 0.433. The SMILES string of the molecule is CCCCNC(=NCC1(CCOCC)CC1)NCC. The second kappa shape index (κ2) is 9.18. The van der Waals surface area contributed by atoms with Crippen LogP contribution in [0.2, 0.25) is 0 Å². The fourth-order valence-corrected chi connectivity index (χ4v) is 2.07. The van der Waals surface area contributed by atoms with Gasteiger partial charge in [0.15, 0.2) is 5.96 Å². The lowest BCUT2D eigenvalue weighted by molar-refractivity contribution is 0.129. The maximum Gasteiger partial charge on any atom is 0.191 e. The summed E-state index contributed by atoms with van der Waals surface area (Å²) >= 11 is 0. The molecule has 1 saturated carbocycles. The summed E-state index contributed by atoms with van der Waals surface area (Å²) in [6, 6.07) is 0. The van der Waals surface area contributed by atoms with Crippen molar-refractivity contribution in [2.45, 2.75) is 52.9 Å². The van der Waals surface area contributed by atoms with Gasteiger partial charge in [-0.15, -0.1) is 0 Å². The molecule has 0 radical (unpaired) electrons. The number of nitrogens with one attached hydrogen (secondary N) is 2. The first-order valence-electron chi connectivity index (χ1n) is 7.86. The monoisotopic (exact) mass is 269 g/mol. The molecule has 1 aliphatic carbocycles. The van der Waals surface area contributed by atoms with Crippen LogP contribution in [0.4, 0.5) is 0 Å². The van der Waals surface area contributed by atoms with Gasteiger partial charge in [0, 0.05) is 32.8 Å². The van der Waals surface area contributed by atoms with Crippen LogP contribution in [0.3, 0.4) is 0 Å². The van der Waals surface area contributed by atoms with E-state index in [0.29, 0.717) is 5.41 Å². The van der Waals surface area contributed by atoms with Crippen LogP contribution in [-0.4, -0.2) is 38.8 Å². The molecular formula is C15H31N3O. The number of nitrogens with zero attached hydrogens (tertiary/aromatic N) is 1. The Balaban J connectivity index is 2.32. The van der Waals surface area contributed by atoms with Crippen molar-refractivity contribution < 1.29 is 4.74 Å². The Kier molecular flexibility index (Phi) is 7.87. The average molecular weight is 269 g/mol. The van der Waals surface area contributed by atoms with Gasteiger partial charge in [0.25, 0.3) is 0 Å². The predicted molar refractivity (Wildman–Crippen MR) is 81.7 cm³/mol.